The molecule has 0 bridgehead atoms. The SMILES string of the molecule is NC(=O)c1ccc(NC(=O)c2ccc(N3CCOCC3)c(F)c2)cc1N1CCCCC1. The first-order chi connectivity index (χ1) is 15.0. The molecule has 0 aromatic heterocycles. The van der Waals surface area contributed by atoms with Gasteiger partial charge in [0.2, 0.25) is 0 Å². The highest BCUT2D eigenvalue weighted by Gasteiger charge is 2.20. The highest BCUT2D eigenvalue weighted by molar-refractivity contribution is 6.06. The number of nitrogens with zero attached hydrogens (tertiary/aromatic N) is 2. The number of nitrogens with two attached hydrogens (primary N) is 1. The third-order valence-electron chi connectivity index (χ3n) is 5.78. The fraction of sp³-hybridized carbons (Fsp3) is 0.391. The van der Waals surface area contributed by atoms with Crippen molar-refractivity contribution in [3.8, 4) is 0 Å². The number of amides is 2. The van der Waals surface area contributed by atoms with Gasteiger partial charge in [-0.1, -0.05) is 0 Å². The highest BCUT2D eigenvalue weighted by atomic mass is 19.1. The second-order valence-corrected chi connectivity index (χ2v) is 7.86. The average molecular weight is 426 g/mol. The topological polar surface area (TPSA) is 87.9 Å². The molecule has 164 valence electrons. The van der Waals surface area contributed by atoms with E-state index in [1.165, 1.54) is 6.07 Å². The van der Waals surface area contributed by atoms with Crippen molar-refractivity contribution in [3.05, 3.63) is 53.3 Å². The normalized spacial score (nSPS) is 16.8. The van der Waals surface area contributed by atoms with Crippen molar-refractivity contribution in [1.82, 2.24) is 0 Å². The molecule has 0 aliphatic carbocycles. The van der Waals surface area contributed by atoms with Crippen molar-refractivity contribution in [3.63, 3.8) is 0 Å². The smallest absolute Gasteiger partial charge is 0.255 e. The molecule has 2 saturated heterocycles. The van der Waals surface area contributed by atoms with Gasteiger partial charge in [-0.3, -0.25) is 9.59 Å². The number of primary amides is 1. The molecule has 2 aliphatic rings. The zero-order valence-corrected chi connectivity index (χ0v) is 17.4. The summed E-state index contributed by atoms with van der Waals surface area (Å²) in [5, 5.41) is 2.81. The number of ether oxygens (including phenoxy) is 1. The molecule has 0 radical (unpaired) electrons. The Hall–Kier alpha value is -3.13. The van der Waals surface area contributed by atoms with Crippen LogP contribution in [0.3, 0.4) is 0 Å². The van der Waals surface area contributed by atoms with Gasteiger partial charge in [-0.05, 0) is 55.7 Å². The minimum atomic E-state index is -0.501. The molecule has 31 heavy (non-hydrogen) atoms. The molecule has 2 fully saturated rings. The molecule has 2 heterocycles. The van der Waals surface area contributed by atoms with Gasteiger partial charge < -0.3 is 25.6 Å². The largest absolute Gasteiger partial charge is 0.378 e. The van der Waals surface area contributed by atoms with Crippen LogP contribution in [-0.2, 0) is 4.74 Å². The Kier molecular flexibility index (Phi) is 6.36. The minimum absolute atomic E-state index is 0.230. The Balaban J connectivity index is 1.52. The van der Waals surface area contributed by atoms with Crippen LogP contribution in [0.5, 0.6) is 0 Å². The minimum Gasteiger partial charge on any atom is -0.378 e. The first-order valence-electron chi connectivity index (χ1n) is 10.7. The summed E-state index contributed by atoms with van der Waals surface area (Å²) < 4.78 is 20.0. The van der Waals surface area contributed by atoms with E-state index in [1.54, 1.807) is 30.3 Å². The van der Waals surface area contributed by atoms with Crippen LogP contribution in [0.1, 0.15) is 40.0 Å². The lowest BCUT2D eigenvalue weighted by molar-refractivity contribution is 0.0998. The third-order valence-corrected chi connectivity index (χ3v) is 5.78. The van der Waals surface area contributed by atoms with E-state index in [0.29, 0.717) is 43.2 Å². The number of hydrogen-bond acceptors (Lipinski definition) is 5. The van der Waals surface area contributed by atoms with Crippen LogP contribution >= 0.6 is 0 Å². The Labute approximate surface area is 181 Å². The van der Waals surface area contributed by atoms with Gasteiger partial charge in [0.25, 0.3) is 11.8 Å². The summed E-state index contributed by atoms with van der Waals surface area (Å²) in [6, 6.07) is 9.54. The number of morpholine rings is 1. The van der Waals surface area contributed by atoms with Gasteiger partial charge in [0, 0.05) is 37.4 Å². The summed E-state index contributed by atoms with van der Waals surface area (Å²) in [5.74, 6) is -1.35. The highest BCUT2D eigenvalue weighted by Crippen LogP contribution is 2.28. The van der Waals surface area contributed by atoms with Crippen LogP contribution in [-0.4, -0.2) is 51.2 Å². The molecule has 2 aliphatic heterocycles. The van der Waals surface area contributed by atoms with E-state index in [9.17, 15) is 14.0 Å². The van der Waals surface area contributed by atoms with Gasteiger partial charge >= 0.3 is 0 Å². The van der Waals surface area contributed by atoms with Crippen LogP contribution in [0.2, 0.25) is 0 Å². The number of anilines is 3. The maximum absolute atomic E-state index is 14.7. The zero-order valence-electron chi connectivity index (χ0n) is 17.4. The van der Waals surface area contributed by atoms with E-state index < -0.39 is 17.6 Å². The molecule has 2 aromatic carbocycles. The van der Waals surface area contributed by atoms with Crippen LogP contribution in [0.4, 0.5) is 21.5 Å². The maximum Gasteiger partial charge on any atom is 0.255 e. The molecule has 4 rings (SSSR count). The van der Waals surface area contributed by atoms with Crippen LogP contribution < -0.4 is 20.9 Å². The van der Waals surface area contributed by atoms with Crippen LogP contribution in [0.15, 0.2) is 36.4 Å². The van der Waals surface area contributed by atoms with Crippen molar-refractivity contribution >= 4 is 28.9 Å². The standard InChI is InChI=1S/C23H27FN4O3/c24-19-14-16(4-7-20(19)28-10-12-31-13-11-28)23(30)26-17-5-6-18(22(25)29)21(15-17)27-8-2-1-3-9-27/h4-7,14-15H,1-3,8-13H2,(H2,25,29)(H,26,30). The quantitative estimate of drug-likeness (QED) is 0.768. The molecule has 8 heteroatoms. The lowest BCUT2D eigenvalue weighted by Crippen LogP contribution is -2.36. The monoisotopic (exact) mass is 426 g/mol. The Morgan fingerprint density at radius 1 is 0.903 bits per heavy atom. The predicted molar refractivity (Wildman–Crippen MR) is 118 cm³/mol. The zero-order chi connectivity index (χ0) is 21.8. The van der Waals surface area contributed by atoms with Crippen LogP contribution in [0.25, 0.3) is 0 Å². The number of carbonyl (C=O) groups is 2. The number of carbonyl (C=O) groups excluding carboxylic acids is 2. The molecule has 0 unspecified atom stereocenters. The van der Waals surface area contributed by atoms with Gasteiger partial charge in [-0.25, -0.2) is 4.39 Å². The lowest BCUT2D eigenvalue weighted by Gasteiger charge is -2.30. The van der Waals surface area contributed by atoms with E-state index in [4.69, 9.17) is 10.5 Å². The molecule has 2 aromatic rings. The number of piperidine rings is 1. The summed E-state index contributed by atoms with van der Waals surface area (Å²) in [5.41, 5.74) is 7.94. The number of benzene rings is 2. The number of halogens is 1. The van der Waals surface area contributed by atoms with Crippen molar-refractivity contribution in [2.75, 3.05) is 54.5 Å². The number of rotatable bonds is 5. The molecule has 2 amide bonds. The molecule has 3 N–H and O–H groups in total. The Bertz CT molecular complexity index is 969. The number of hydrogen-bond donors (Lipinski definition) is 2. The Morgan fingerprint density at radius 2 is 1.61 bits per heavy atom. The van der Waals surface area contributed by atoms with E-state index in [-0.39, 0.29) is 5.56 Å². The maximum atomic E-state index is 14.7. The lowest BCUT2D eigenvalue weighted by atomic mass is 10.1. The second-order valence-electron chi connectivity index (χ2n) is 7.86. The van der Waals surface area contributed by atoms with Gasteiger partial charge in [0.05, 0.1) is 30.2 Å². The van der Waals surface area contributed by atoms with Crippen molar-refractivity contribution < 1.29 is 18.7 Å². The van der Waals surface area contributed by atoms with Gasteiger partial charge in [-0.2, -0.15) is 0 Å². The van der Waals surface area contributed by atoms with Crippen LogP contribution in [0, 0.1) is 5.82 Å². The predicted octanol–water partition coefficient (Wildman–Crippen LogP) is 3.00. The summed E-state index contributed by atoms with van der Waals surface area (Å²) in [6.07, 6.45) is 3.25. The second kappa shape index (κ2) is 9.34. The molecule has 0 spiro atoms. The first-order valence-corrected chi connectivity index (χ1v) is 10.7. The first kappa shape index (κ1) is 21.1. The Morgan fingerprint density at radius 3 is 2.29 bits per heavy atom. The molecule has 0 saturated carbocycles. The molecule has 7 nitrogen and oxygen atoms in total. The molecular weight excluding hydrogens is 399 g/mol. The van der Waals surface area contributed by atoms with E-state index >= 15 is 0 Å². The van der Waals surface area contributed by atoms with Crippen molar-refractivity contribution in [2.24, 2.45) is 5.73 Å². The fourth-order valence-electron chi connectivity index (χ4n) is 4.13. The third kappa shape index (κ3) is 4.80. The van der Waals surface area contributed by atoms with Gasteiger partial charge in [0.1, 0.15) is 5.82 Å². The van der Waals surface area contributed by atoms with Gasteiger partial charge in [0.15, 0.2) is 0 Å². The van der Waals surface area contributed by atoms with E-state index in [1.807, 2.05) is 4.90 Å². The summed E-state index contributed by atoms with van der Waals surface area (Å²) in [7, 11) is 0. The van der Waals surface area contributed by atoms with Gasteiger partial charge in [-0.15, -0.1) is 0 Å². The summed E-state index contributed by atoms with van der Waals surface area (Å²) >= 11 is 0. The van der Waals surface area contributed by atoms with Crippen molar-refractivity contribution in [1.29, 1.82) is 0 Å². The summed E-state index contributed by atoms with van der Waals surface area (Å²) in [6.45, 7) is 4.03. The molecule has 0 atom stereocenters. The van der Waals surface area contributed by atoms with E-state index in [0.717, 1.165) is 38.0 Å². The van der Waals surface area contributed by atoms with Crippen molar-refractivity contribution in [2.45, 2.75) is 19.3 Å². The molecular formula is C23H27FN4O3. The van der Waals surface area contributed by atoms with E-state index in [2.05, 4.69) is 10.2 Å². The number of nitrogens with one attached hydrogen (secondary N) is 1. The summed E-state index contributed by atoms with van der Waals surface area (Å²) in [4.78, 5) is 28.6. The fourth-order valence-corrected chi connectivity index (χ4v) is 4.13. The average Bonchev–Trinajstić information content (AvgIpc) is 2.80.